The van der Waals surface area contributed by atoms with Crippen LogP contribution in [0.25, 0.3) is 0 Å². The van der Waals surface area contributed by atoms with Crippen LogP contribution in [-0.2, 0) is 9.09 Å². The van der Waals surface area contributed by atoms with Gasteiger partial charge in [0.1, 0.15) is 0 Å². The van der Waals surface area contributed by atoms with Crippen LogP contribution in [-0.4, -0.2) is 21.9 Å². The molecule has 0 aromatic heterocycles. The summed E-state index contributed by atoms with van der Waals surface area (Å²) >= 11 is 0. The predicted molar refractivity (Wildman–Crippen MR) is 37.7 cm³/mol. The van der Waals surface area contributed by atoms with Crippen LogP contribution in [0.4, 0.5) is 0 Å². The minimum absolute atomic E-state index is 0.342. The van der Waals surface area contributed by atoms with E-state index in [0.717, 1.165) is 0 Å². The average molecular weight is 168 g/mol. The van der Waals surface area contributed by atoms with Crippen molar-refractivity contribution < 1.29 is 19.1 Å². The van der Waals surface area contributed by atoms with Crippen LogP contribution in [0.2, 0.25) is 0 Å². The summed E-state index contributed by atoms with van der Waals surface area (Å²) in [6.07, 6.45) is -0.342. The van der Waals surface area contributed by atoms with Crippen molar-refractivity contribution in [3.05, 3.63) is 0 Å². The van der Waals surface area contributed by atoms with Gasteiger partial charge in [0, 0.05) is 0 Å². The molecule has 2 atom stereocenters. The Bertz CT molecular complexity index is 143. The molecule has 0 aromatic rings. The van der Waals surface area contributed by atoms with Gasteiger partial charge in [-0.2, -0.15) is 0 Å². The highest BCUT2D eigenvalue weighted by molar-refractivity contribution is 7.53. The minimum atomic E-state index is -3.77. The Balaban J connectivity index is 4.01. The number of hydrogen-bond acceptors (Lipinski definition) is 3. The van der Waals surface area contributed by atoms with E-state index >= 15 is 0 Å². The van der Waals surface area contributed by atoms with Crippen LogP contribution >= 0.6 is 7.60 Å². The monoisotopic (exact) mass is 168 g/mol. The fourth-order valence-electron chi connectivity index (χ4n) is 0.390. The third kappa shape index (κ3) is 3.32. The first-order valence-corrected chi connectivity index (χ1v) is 4.70. The minimum Gasteiger partial charge on any atom is -0.381 e. The molecule has 0 fully saturated rings. The van der Waals surface area contributed by atoms with E-state index in [1.807, 2.05) is 0 Å². The van der Waals surface area contributed by atoms with Crippen molar-refractivity contribution in [1.82, 2.24) is 0 Å². The largest absolute Gasteiger partial charge is 0.381 e. The Morgan fingerprint density at radius 3 is 1.90 bits per heavy atom. The van der Waals surface area contributed by atoms with E-state index in [4.69, 9.17) is 10.00 Å². The maximum absolute atomic E-state index is 10.8. The van der Waals surface area contributed by atoms with Crippen LogP contribution in [0.1, 0.15) is 20.8 Å². The van der Waals surface area contributed by atoms with Crippen LogP contribution in [0.3, 0.4) is 0 Å². The van der Waals surface area contributed by atoms with Crippen molar-refractivity contribution in [2.75, 3.05) is 0 Å². The highest BCUT2D eigenvalue weighted by Gasteiger charge is 2.27. The summed E-state index contributed by atoms with van der Waals surface area (Å²) in [5.41, 5.74) is 0. The molecule has 0 saturated carbocycles. The molecule has 0 radical (unpaired) electrons. The summed E-state index contributed by atoms with van der Waals surface area (Å²) in [6, 6.07) is 0. The summed E-state index contributed by atoms with van der Waals surface area (Å²) < 4.78 is 15.4. The quantitative estimate of drug-likeness (QED) is 0.615. The molecule has 4 nitrogen and oxygen atoms in total. The normalized spacial score (nSPS) is 20.6. The van der Waals surface area contributed by atoms with Gasteiger partial charge in [-0.1, -0.05) is 0 Å². The van der Waals surface area contributed by atoms with Gasteiger partial charge < -0.3 is 14.5 Å². The van der Waals surface area contributed by atoms with Crippen molar-refractivity contribution in [1.29, 1.82) is 0 Å². The lowest BCUT2D eigenvalue weighted by Crippen LogP contribution is -2.09. The Morgan fingerprint density at radius 2 is 1.80 bits per heavy atom. The number of aliphatic hydroxyl groups excluding tert-OH is 1. The third-order valence-electron chi connectivity index (χ3n) is 0.834. The van der Waals surface area contributed by atoms with E-state index in [1.54, 1.807) is 13.8 Å². The van der Waals surface area contributed by atoms with Gasteiger partial charge in [0.05, 0.1) is 6.10 Å². The summed E-state index contributed by atoms with van der Waals surface area (Å²) in [4.78, 5) is 8.85. The standard InChI is InChI=1S/C5H13O4P/c1-4(2)9-10(7,8)5(3)6/h4-6H,1-3H3,(H,7,8). The maximum Gasteiger partial charge on any atom is 0.356 e. The molecule has 0 bridgehead atoms. The highest BCUT2D eigenvalue weighted by atomic mass is 31.2. The van der Waals surface area contributed by atoms with E-state index in [9.17, 15) is 4.57 Å². The van der Waals surface area contributed by atoms with Gasteiger partial charge in [-0.25, -0.2) is 0 Å². The molecule has 2 unspecified atom stereocenters. The van der Waals surface area contributed by atoms with Crippen molar-refractivity contribution in [3.8, 4) is 0 Å². The lowest BCUT2D eigenvalue weighted by molar-refractivity contribution is 0.154. The number of hydrogen-bond donors (Lipinski definition) is 2. The van der Waals surface area contributed by atoms with Crippen molar-refractivity contribution in [2.45, 2.75) is 32.7 Å². The molecule has 0 rings (SSSR count). The molecule has 0 aliphatic rings. The second kappa shape index (κ2) is 3.49. The van der Waals surface area contributed by atoms with Crippen LogP contribution < -0.4 is 0 Å². The molecule has 0 saturated heterocycles. The van der Waals surface area contributed by atoms with E-state index in [-0.39, 0.29) is 6.10 Å². The van der Waals surface area contributed by atoms with Gasteiger partial charge in [-0.05, 0) is 20.8 Å². The Hall–Kier alpha value is 0.110. The molecule has 0 aliphatic heterocycles. The van der Waals surface area contributed by atoms with Gasteiger partial charge in [0.2, 0.25) is 0 Å². The second-order valence-corrected chi connectivity index (χ2v) is 4.44. The molecule has 0 spiro atoms. The molecular weight excluding hydrogens is 155 g/mol. The lowest BCUT2D eigenvalue weighted by atomic mass is 10.5. The predicted octanol–water partition coefficient (Wildman–Crippen LogP) is 0.935. The molecule has 10 heavy (non-hydrogen) atoms. The molecule has 5 heteroatoms. The molecule has 0 aliphatic carbocycles. The van der Waals surface area contributed by atoms with Gasteiger partial charge >= 0.3 is 7.60 Å². The lowest BCUT2D eigenvalue weighted by Gasteiger charge is -2.16. The second-order valence-electron chi connectivity index (χ2n) is 2.35. The number of rotatable bonds is 3. The zero-order valence-electron chi connectivity index (χ0n) is 6.31. The van der Waals surface area contributed by atoms with Crippen LogP contribution in [0.5, 0.6) is 0 Å². The van der Waals surface area contributed by atoms with Gasteiger partial charge in [-0.3, -0.25) is 4.57 Å². The topological polar surface area (TPSA) is 66.8 Å². The van der Waals surface area contributed by atoms with Crippen molar-refractivity contribution in [3.63, 3.8) is 0 Å². The van der Waals surface area contributed by atoms with Crippen molar-refractivity contribution >= 4 is 7.60 Å². The van der Waals surface area contributed by atoms with E-state index < -0.39 is 13.4 Å². The first-order chi connectivity index (χ1) is 4.36. The molecule has 0 amide bonds. The van der Waals surface area contributed by atoms with Crippen LogP contribution in [0, 0.1) is 0 Å². The summed E-state index contributed by atoms with van der Waals surface area (Å²) in [5.74, 6) is -1.31. The fourth-order valence-corrected chi connectivity index (χ4v) is 1.17. The molecule has 0 aromatic carbocycles. The van der Waals surface area contributed by atoms with Crippen LogP contribution in [0.15, 0.2) is 0 Å². The highest BCUT2D eigenvalue weighted by Crippen LogP contribution is 2.46. The Labute approximate surface area is 60.4 Å². The fraction of sp³-hybridized carbons (Fsp3) is 1.00. The zero-order valence-corrected chi connectivity index (χ0v) is 7.21. The first kappa shape index (κ1) is 10.1. The van der Waals surface area contributed by atoms with Gasteiger partial charge in [0.25, 0.3) is 0 Å². The summed E-state index contributed by atoms with van der Waals surface area (Å²) in [6.45, 7) is 4.49. The SMILES string of the molecule is CC(C)OP(=O)(O)C(C)O. The average Bonchev–Trinajstić information content (AvgIpc) is 1.60. The summed E-state index contributed by atoms with van der Waals surface area (Å²) in [5, 5.41) is 8.69. The Morgan fingerprint density at radius 1 is 1.40 bits per heavy atom. The zero-order chi connectivity index (χ0) is 8.36. The maximum atomic E-state index is 10.8. The number of aliphatic hydroxyl groups is 1. The Kier molecular flexibility index (Phi) is 3.52. The first-order valence-electron chi connectivity index (χ1n) is 3.05. The van der Waals surface area contributed by atoms with Gasteiger partial charge in [-0.15, -0.1) is 0 Å². The van der Waals surface area contributed by atoms with E-state index in [0.29, 0.717) is 0 Å². The molecule has 2 N–H and O–H groups in total. The van der Waals surface area contributed by atoms with E-state index in [2.05, 4.69) is 4.52 Å². The third-order valence-corrected chi connectivity index (χ3v) is 2.50. The van der Waals surface area contributed by atoms with Gasteiger partial charge in [0.15, 0.2) is 5.85 Å². The summed E-state index contributed by atoms with van der Waals surface area (Å²) in [7, 11) is -3.77. The van der Waals surface area contributed by atoms with E-state index in [1.165, 1.54) is 6.92 Å². The molecular formula is C5H13O4P. The van der Waals surface area contributed by atoms with Crippen molar-refractivity contribution in [2.24, 2.45) is 0 Å². The molecule has 0 heterocycles. The molecule has 62 valence electrons. The smallest absolute Gasteiger partial charge is 0.356 e.